The van der Waals surface area contributed by atoms with Gasteiger partial charge in [-0.1, -0.05) is 36.4 Å². The van der Waals surface area contributed by atoms with Gasteiger partial charge in [-0.2, -0.15) is 0 Å². The molecular formula is C16H12F2O. The van der Waals surface area contributed by atoms with Crippen LogP contribution in [0.25, 0.3) is 0 Å². The average molecular weight is 258 g/mol. The zero-order chi connectivity index (χ0) is 13.5. The second kappa shape index (κ2) is 4.26. The molecule has 3 rings (SSSR count). The van der Waals surface area contributed by atoms with Crippen molar-refractivity contribution in [1.29, 1.82) is 0 Å². The lowest BCUT2D eigenvalue weighted by Gasteiger charge is -2.15. The third-order valence-electron chi connectivity index (χ3n) is 3.71. The van der Waals surface area contributed by atoms with Crippen LogP contribution in [0.5, 0.6) is 0 Å². The maximum atomic E-state index is 13.7. The summed E-state index contributed by atoms with van der Waals surface area (Å²) in [6, 6.07) is 13.0. The monoisotopic (exact) mass is 258 g/mol. The van der Waals surface area contributed by atoms with E-state index in [4.69, 9.17) is 0 Å². The number of carbonyl (C=O) groups excluding carboxylic acids is 1. The molecule has 1 saturated carbocycles. The molecule has 0 saturated heterocycles. The highest BCUT2D eigenvalue weighted by Crippen LogP contribution is 2.50. The number of halogens is 2. The lowest BCUT2D eigenvalue weighted by Crippen LogP contribution is -2.22. The van der Waals surface area contributed by atoms with Gasteiger partial charge >= 0.3 is 0 Å². The van der Waals surface area contributed by atoms with Crippen LogP contribution in [0.1, 0.15) is 28.8 Å². The number of benzene rings is 2. The minimum absolute atomic E-state index is 0.152. The van der Waals surface area contributed by atoms with Crippen molar-refractivity contribution in [3.05, 3.63) is 71.3 Å². The summed E-state index contributed by atoms with van der Waals surface area (Å²) >= 11 is 0. The van der Waals surface area contributed by atoms with Gasteiger partial charge in [0.05, 0.1) is 11.0 Å². The van der Waals surface area contributed by atoms with E-state index in [-0.39, 0.29) is 11.3 Å². The maximum Gasteiger partial charge on any atom is 0.176 e. The van der Waals surface area contributed by atoms with Gasteiger partial charge < -0.3 is 0 Å². The van der Waals surface area contributed by atoms with Crippen molar-refractivity contribution in [2.75, 3.05) is 0 Å². The molecule has 1 fully saturated rings. The van der Waals surface area contributed by atoms with Gasteiger partial charge in [0.25, 0.3) is 0 Å². The Hall–Kier alpha value is -2.03. The summed E-state index contributed by atoms with van der Waals surface area (Å²) in [7, 11) is 0. The van der Waals surface area contributed by atoms with Crippen molar-refractivity contribution < 1.29 is 13.6 Å². The highest BCUT2D eigenvalue weighted by molar-refractivity contribution is 6.06. The molecule has 0 radical (unpaired) electrons. The number of carbonyl (C=O) groups is 1. The molecule has 0 amide bonds. The van der Waals surface area contributed by atoms with E-state index in [9.17, 15) is 13.6 Å². The number of hydrogen-bond donors (Lipinski definition) is 0. The predicted molar refractivity (Wildman–Crippen MR) is 68.0 cm³/mol. The molecule has 1 nitrogen and oxygen atoms in total. The molecule has 0 aromatic heterocycles. The Morgan fingerprint density at radius 1 is 0.947 bits per heavy atom. The maximum absolute atomic E-state index is 13.7. The van der Waals surface area contributed by atoms with Crippen molar-refractivity contribution in [1.82, 2.24) is 0 Å². The van der Waals surface area contributed by atoms with Gasteiger partial charge in [0, 0.05) is 0 Å². The smallest absolute Gasteiger partial charge is 0.176 e. The number of ketones is 1. The van der Waals surface area contributed by atoms with Gasteiger partial charge in [0.15, 0.2) is 17.4 Å². The van der Waals surface area contributed by atoms with Crippen molar-refractivity contribution in [3.8, 4) is 0 Å². The van der Waals surface area contributed by atoms with Gasteiger partial charge in [0.2, 0.25) is 0 Å². The van der Waals surface area contributed by atoms with Crippen LogP contribution in [0.2, 0.25) is 0 Å². The number of hydrogen-bond acceptors (Lipinski definition) is 1. The summed E-state index contributed by atoms with van der Waals surface area (Å²) in [6.07, 6.45) is 1.37. The lowest BCUT2D eigenvalue weighted by molar-refractivity contribution is 0.0941. The second-order valence-electron chi connectivity index (χ2n) is 4.88. The Morgan fingerprint density at radius 2 is 1.63 bits per heavy atom. The van der Waals surface area contributed by atoms with E-state index in [2.05, 4.69) is 0 Å². The highest BCUT2D eigenvalue weighted by Gasteiger charge is 2.51. The molecule has 1 aliphatic carbocycles. The van der Waals surface area contributed by atoms with Crippen LogP contribution in [0.3, 0.4) is 0 Å². The van der Waals surface area contributed by atoms with Crippen LogP contribution in [-0.4, -0.2) is 5.78 Å². The molecule has 3 heteroatoms. The fraction of sp³-hybridized carbons (Fsp3) is 0.188. The first kappa shape index (κ1) is 12.0. The summed E-state index contributed by atoms with van der Waals surface area (Å²) in [5.41, 5.74) is 0.0700. The minimum atomic E-state index is -1.05. The van der Waals surface area contributed by atoms with Crippen LogP contribution in [0.4, 0.5) is 8.78 Å². The second-order valence-corrected chi connectivity index (χ2v) is 4.88. The van der Waals surface area contributed by atoms with Crippen LogP contribution in [0.15, 0.2) is 48.5 Å². The highest BCUT2D eigenvalue weighted by atomic mass is 19.2. The summed E-state index contributed by atoms with van der Waals surface area (Å²) in [4.78, 5) is 12.5. The van der Waals surface area contributed by atoms with E-state index >= 15 is 0 Å². The van der Waals surface area contributed by atoms with Crippen molar-refractivity contribution in [2.24, 2.45) is 0 Å². The minimum Gasteiger partial charge on any atom is -0.293 e. The molecule has 2 aromatic rings. The molecule has 0 unspecified atom stereocenters. The molecular weight excluding hydrogens is 246 g/mol. The fourth-order valence-electron chi connectivity index (χ4n) is 2.47. The summed E-state index contributed by atoms with van der Waals surface area (Å²) in [5, 5.41) is 0. The van der Waals surface area contributed by atoms with Gasteiger partial charge in [-0.25, -0.2) is 8.78 Å². The fourth-order valence-corrected chi connectivity index (χ4v) is 2.47. The molecule has 0 atom stereocenters. The molecule has 0 heterocycles. The zero-order valence-electron chi connectivity index (χ0n) is 10.2. The SMILES string of the molecule is O=C(c1cccc(F)c1F)C1(c2ccccc2)CC1. The quantitative estimate of drug-likeness (QED) is 0.763. The molecule has 2 aromatic carbocycles. The summed E-state index contributed by atoms with van der Waals surface area (Å²) in [6.45, 7) is 0. The first-order chi connectivity index (χ1) is 9.15. The Morgan fingerprint density at radius 3 is 2.26 bits per heavy atom. The largest absolute Gasteiger partial charge is 0.293 e. The zero-order valence-corrected chi connectivity index (χ0v) is 10.2. The van der Waals surface area contributed by atoms with Crippen molar-refractivity contribution in [2.45, 2.75) is 18.3 Å². The van der Waals surface area contributed by atoms with E-state index in [1.54, 1.807) is 0 Å². The van der Waals surface area contributed by atoms with E-state index in [1.807, 2.05) is 30.3 Å². The molecule has 0 bridgehead atoms. The Kier molecular flexibility index (Phi) is 2.70. The molecule has 96 valence electrons. The average Bonchev–Trinajstić information content (AvgIpc) is 3.24. The number of rotatable bonds is 3. The Balaban J connectivity index is 2.03. The van der Waals surface area contributed by atoms with Crippen molar-refractivity contribution >= 4 is 5.78 Å². The number of Topliss-reactive ketones (excluding diaryl/α,β-unsaturated/α-hetero) is 1. The van der Waals surface area contributed by atoms with Crippen LogP contribution >= 0.6 is 0 Å². The normalized spacial score (nSPS) is 16.1. The lowest BCUT2D eigenvalue weighted by atomic mass is 9.87. The molecule has 0 N–H and O–H groups in total. The Labute approximate surface area is 109 Å². The molecule has 0 aliphatic heterocycles. The third kappa shape index (κ3) is 1.86. The topological polar surface area (TPSA) is 17.1 Å². The van der Waals surface area contributed by atoms with Gasteiger partial charge in [0.1, 0.15) is 0 Å². The van der Waals surface area contributed by atoms with Crippen LogP contribution < -0.4 is 0 Å². The predicted octanol–water partition coefficient (Wildman–Crippen LogP) is 3.88. The third-order valence-corrected chi connectivity index (χ3v) is 3.71. The first-order valence-electron chi connectivity index (χ1n) is 6.19. The van der Waals surface area contributed by atoms with E-state index in [0.29, 0.717) is 12.8 Å². The van der Waals surface area contributed by atoms with E-state index < -0.39 is 17.0 Å². The Bertz CT molecular complexity index is 630. The standard InChI is InChI=1S/C16H12F2O/c17-13-8-4-7-12(14(13)18)15(19)16(9-10-16)11-5-2-1-3-6-11/h1-8H,9-10H2. The van der Waals surface area contributed by atoms with E-state index in [0.717, 1.165) is 11.6 Å². The van der Waals surface area contributed by atoms with Crippen molar-refractivity contribution in [3.63, 3.8) is 0 Å². The molecule has 19 heavy (non-hydrogen) atoms. The van der Waals surface area contributed by atoms with Gasteiger partial charge in [-0.3, -0.25) is 4.79 Å². The first-order valence-corrected chi connectivity index (χ1v) is 6.19. The molecule has 0 spiro atoms. The van der Waals surface area contributed by atoms with Gasteiger partial charge in [-0.05, 0) is 30.5 Å². The summed E-state index contributed by atoms with van der Waals surface area (Å²) in [5.74, 6) is -2.35. The van der Waals surface area contributed by atoms with Crippen LogP contribution in [-0.2, 0) is 5.41 Å². The summed E-state index contributed by atoms with van der Waals surface area (Å²) < 4.78 is 27.0. The van der Waals surface area contributed by atoms with Gasteiger partial charge in [-0.15, -0.1) is 0 Å². The van der Waals surface area contributed by atoms with Crippen LogP contribution in [0, 0.1) is 11.6 Å². The van der Waals surface area contributed by atoms with E-state index in [1.165, 1.54) is 12.1 Å². The molecule has 1 aliphatic rings.